The second kappa shape index (κ2) is 10.4. The number of anilines is 2. The molecule has 0 amide bonds. The van der Waals surface area contributed by atoms with Gasteiger partial charge >= 0.3 is 13.0 Å². The summed E-state index contributed by atoms with van der Waals surface area (Å²) in [5.74, 6) is 1.08. The molecule has 5 aromatic rings. The second-order valence-electron chi connectivity index (χ2n) is 12.1. The van der Waals surface area contributed by atoms with Gasteiger partial charge in [0.2, 0.25) is 0 Å². The van der Waals surface area contributed by atoms with E-state index in [0.29, 0.717) is 33.3 Å². The number of ketones is 1. The highest BCUT2D eigenvalue weighted by Gasteiger charge is 2.54. The van der Waals surface area contributed by atoms with Gasteiger partial charge in [0.05, 0.1) is 15.4 Å². The van der Waals surface area contributed by atoms with E-state index >= 15 is 4.57 Å². The molecule has 1 spiro atoms. The van der Waals surface area contributed by atoms with E-state index in [1.807, 2.05) is 75.2 Å². The van der Waals surface area contributed by atoms with Crippen molar-refractivity contribution >= 4 is 57.9 Å². The van der Waals surface area contributed by atoms with Gasteiger partial charge in [-0.25, -0.2) is 4.79 Å². The topological polar surface area (TPSA) is 80.1 Å². The van der Waals surface area contributed by atoms with Crippen LogP contribution in [0.3, 0.4) is 0 Å². The maximum atomic E-state index is 15.9. The Morgan fingerprint density at radius 2 is 1.47 bits per heavy atom. The monoisotopic (exact) mass is 636 g/mol. The average molecular weight is 637 g/mol. The van der Waals surface area contributed by atoms with Gasteiger partial charge in [-0.15, -0.1) is 11.8 Å². The lowest BCUT2D eigenvalue weighted by atomic mass is 9.81. The first-order chi connectivity index (χ1) is 21.4. The van der Waals surface area contributed by atoms with E-state index in [4.69, 9.17) is 8.94 Å². The zero-order valence-electron chi connectivity index (χ0n) is 26.0. The Bertz CT molecular complexity index is 2110. The molecule has 4 aromatic carbocycles. The van der Waals surface area contributed by atoms with Crippen molar-refractivity contribution in [3.63, 3.8) is 0 Å². The molecule has 0 unspecified atom stereocenters. The van der Waals surface area contributed by atoms with Crippen molar-refractivity contribution in [2.45, 2.75) is 24.3 Å². The predicted octanol–water partition coefficient (Wildman–Crippen LogP) is 6.60. The lowest BCUT2D eigenvalue weighted by Crippen LogP contribution is -2.42. The van der Waals surface area contributed by atoms with Crippen LogP contribution in [0.1, 0.15) is 45.1 Å². The molecule has 0 aliphatic carbocycles. The molecule has 0 saturated carbocycles. The molecule has 7 rings (SSSR count). The Hall–Kier alpha value is -4.26. The van der Waals surface area contributed by atoms with Gasteiger partial charge in [0.1, 0.15) is 11.3 Å². The van der Waals surface area contributed by atoms with Crippen LogP contribution < -0.4 is 30.6 Å². The highest BCUT2D eigenvalue weighted by atomic mass is 32.2. The van der Waals surface area contributed by atoms with Crippen molar-refractivity contribution in [3.8, 4) is 5.75 Å². The molecule has 0 fully saturated rings. The fraction of sp³-hybridized carbons (Fsp3) is 0.222. The van der Waals surface area contributed by atoms with Crippen LogP contribution in [-0.4, -0.2) is 34.0 Å². The van der Waals surface area contributed by atoms with Crippen molar-refractivity contribution in [1.29, 1.82) is 0 Å². The van der Waals surface area contributed by atoms with Crippen LogP contribution in [-0.2, 0) is 15.1 Å². The highest BCUT2D eigenvalue weighted by molar-refractivity contribution is 8.00. The zero-order valence-corrected chi connectivity index (χ0v) is 27.7. The molecule has 228 valence electrons. The highest BCUT2D eigenvalue weighted by Crippen LogP contribution is 2.63. The molecule has 1 aromatic heterocycles. The van der Waals surface area contributed by atoms with Crippen LogP contribution >= 0.6 is 19.1 Å². The lowest BCUT2D eigenvalue weighted by molar-refractivity contribution is 0.101. The minimum Gasteiger partial charge on any atom is -0.437 e. The van der Waals surface area contributed by atoms with Gasteiger partial charge in [-0.2, -0.15) is 0 Å². The molecule has 9 heteroatoms. The number of thioether (sulfide) groups is 1. The SMILES string of the molecule is CC(=O)c1ccc2c(c1)CSC21c2ccc(N(C)C)cc2P(=O)(Oc2ccc3c(C)cc(=O)oc3c2)c2cc(N(C)C)ccc21. The molecule has 0 atom stereocenters. The van der Waals surface area contributed by atoms with Crippen LogP contribution in [0.2, 0.25) is 0 Å². The van der Waals surface area contributed by atoms with Gasteiger partial charge in [0, 0.05) is 68.4 Å². The van der Waals surface area contributed by atoms with E-state index in [2.05, 4.69) is 30.3 Å². The molecule has 3 heterocycles. The summed E-state index contributed by atoms with van der Waals surface area (Å²) in [7, 11) is 4.03. The van der Waals surface area contributed by atoms with E-state index in [-0.39, 0.29) is 5.78 Å². The Morgan fingerprint density at radius 3 is 2.07 bits per heavy atom. The Labute approximate surface area is 266 Å². The maximum absolute atomic E-state index is 15.9. The third-order valence-electron chi connectivity index (χ3n) is 8.88. The Kier molecular flexibility index (Phi) is 6.80. The molecule has 0 bridgehead atoms. The number of carbonyl (C=O) groups excluding carboxylic acids is 1. The first-order valence-corrected chi connectivity index (χ1v) is 17.3. The van der Waals surface area contributed by atoms with Crippen LogP contribution in [0.25, 0.3) is 11.0 Å². The molecule has 0 saturated heterocycles. The smallest absolute Gasteiger partial charge is 0.336 e. The minimum absolute atomic E-state index is 0.0266. The maximum Gasteiger partial charge on any atom is 0.336 e. The third kappa shape index (κ3) is 4.45. The third-order valence-corrected chi connectivity index (χ3v) is 12.9. The fourth-order valence-electron chi connectivity index (χ4n) is 6.55. The zero-order chi connectivity index (χ0) is 31.8. The van der Waals surface area contributed by atoms with Crippen molar-refractivity contribution < 1.29 is 18.3 Å². The second-order valence-corrected chi connectivity index (χ2v) is 15.6. The van der Waals surface area contributed by atoms with E-state index in [9.17, 15) is 9.59 Å². The Balaban J connectivity index is 1.53. The van der Waals surface area contributed by atoms with Crippen LogP contribution in [0.5, 0.6) is 5.75 Å². The number of carbonyl (C=O) groups is 1. The van der Waals surface area contributed by atoms with Crippen LogP contribution in [0.4, 0.5) is 11.4 Å². The van der Waals surface area contributed by atoms with Gasteiger partial charge in [-0.1, -0.05) is 24.3 Å². The van der Waals surface area contributed by atoms with Crippen molar-refractivity contribution in [1.82, 2.24) is 0 Å². The predicted molar refractivity (Wildman–Crippen MR) is 184 cm³/mol. The molecule has 7 nitrogen and oxygen atoms in total. The molecule has 0 N–H and O–H groups in total. The largest absolute Gasteiger partial charge is 0.437 e. The first kappa shape index (κ1) is 29.5. The number of aryl methyl sites for hydroxylation is 1. The number of nitrogens with zero attached hydrogens (tertiary/aromatic N) is 2. The van der Waals surface area contributed by atoms with E-state index in [0.717, 1.165) is 44.6 Å². The number of fused-ring (bicyclic) bond motifs is 7. The summed E-state index contributed by atoms with van der Waals surface area (Å²) in [6.07, 6.45) is 0. The van der Waals surface area contributed by atoms with Gasteiger partial charge in [0.15, 0.2) is 5.78 Å². The van der Waals surface area contributed by atoms with Crippen LogP contribution in [0, 0.1) is 6.92 Å². The van der Waals surface area contributed by atoms with E-state index in [1.54, 1.807) is 30.8 Å². The summed E-state index contributed by atoms with van der Waals surface area (Å²) in [6.45, 7) is 3.44. The molecule has 2 aliphatic rings. The van der Waals surface area contributed by atoms with E-state index in [1.165, 1.54) is 6.07 Å². The fourth-order valence-corrected chi connectivity index (χ4v) is 10.9. The summed E-state index contributed by atoms with van der Waals surface area (Å²) < 4.78 is 27.4. The van der Waals surface area contributed by atoms with Gasteiger partial charge in [0.25, 0.3) is 0 Å². The molecular formula is C36H33N2O5PS. The number of hydrogen-bond donors (Lipinski definition) is 0. The molecule has 45 heavy (non-hydrogen) atoms. The molecule has 0 radical (unpaired) electrons. The van der Waals surface area contributed by atoms with Crippen molar-refractivity contribution in [2.75, 3.05) is 38.0 Å². The number of Topliss-reactive ketones (excluding diaryl/α,β-unsaturated/α-hetero) is 1. The van der Waals surface area contributed by atoms with Crippen LogP contribution in [0.15, 0.2) is 88.1 Å². The summed E-state index contributed by atoms with van der Waals surface area (Å²) >= 11 is 1.78. The first-order valence-electron chi connectivity index (χ1n) is 14.7. The van der Waals surface area contributed by atoms with Crippen molar-refractivity contribution in [3.05, 3.63) is 123 Å². The normalized spacial score (nSPS) is 19.6. The van der Waals surface area contributed by atoms with Crippen molar-refractivity contribution in [2.24, 2.45) is 0 Å². The average Bonchev–Trinajstić information content (AvgIpc) is 3.38. The summed E-state index contributed by atoms with van der Waals surface area (Å²) in [5, 5.41) is 2.04. The van der Waals surface area contributed by atoms with E-state index < -0.39 is 17.7 Å². The number of rotatable bonds is 5. The summed E-state index contributed by atoms with van der Waals surface area (Å²) in [5.41, 5.74) is 7.20. The Morgan fingerprint density at radius 1 is 0.844 bits per heavy atom. The quantitative estimate of drug-likeness (QED) is 0.121. The number of benzene rings is 4. The van der Waals surface area contributed by atoms with Gasteiger partial charge < -0.3 is 18.7 Å². The van der Waals surface area contributed by atoms with Gasteiger partial charge in [-0.05, 0) is 84.1 Å². The molecular weight excluding hydrogens is 603 g/mol. The minimum atomic E-state index is -3.81. The summed E-state index contributed by atoms with van der Waals surface area (Å²) in [6, 6.07) is 24.9. The van der Waals surface area contributed by atoms with Gasteiger partial charge in [-0.3, -0.25) is 9.36 Å². The standard InChI is InChI=1S/C36H33N2O5PS/c1-21-15-35(40)42-32-19-27(10-11-28(21)32)43-44(41)33-17-25(37(3)4)8-13-30(33)36(31-14-9-26(38(5)6)18-34(31)44)29-12-7-23(22(2)39)16-24(29)20-45-36/h7-19H,20H2,1-6H3. The lowest BCUT2D eigenvalue weighted by Gasteiger charge is -2.41. The summed E-state index contributed by atoms with van der Waals surface area (Å²) in [4.78, 5) is 28.5. The molecule has 2 aliphatic heterocycles. The number of hydrogen-bond acceptors (Lipinski definition) is 8.